The topological polar surface area (TPSA) is 112 Å². The molecule has 0 aromatic heterocycles. The van der Waals surface area contributed by atoms with E-state index in [4.69, 9.17) is 18.1 Å². The molecule has 0 bridgehead atoms. The molecule has 374 valence electrons. The van der Waals surface area contributed by atoms with E-state index in [-0.39, 0.29) is 35.2 Å². The zero-order chi connectivity index (χ0) is 51.3. The van der Waals surface area contributed by atoms with Gasteiger partial charge in [0.25, 0.3) is 0 Å². The van der Waals surface area contributed by atoms with Gasteiger partial charge in [-0.1, -0.05) is 186 Å². The van der Waals surface area contributed by atoms with Gasteiger partial charge < -0.3 is 13.6 Å². The van der Waals surface area contributed by atoms with Crippen LogP contribution in [0.25, 0.3) is 57.2 Å². The smallest absolute Gasteiger partial charge is 0.403 e. The predicted molar refractivity (Wildman–Crippen MR) is 293 cm³/mol. The molecule has 6 aromatic carbocycles. The van der Waals surface area contributed by atoms with Crippen LogP contribution < -0.4 is 34.4 Å². The minimum atomic E-state index is -4.96. The summed E-state index contributed by atoms with van der Waals surface area (Å²) in [4.78, 5) is 24.3. The van der Waals surface area contributed by atoms with Crippen molar-refractivity contribution in [1.29, 1.82) is 0 Å². The lowest BCUT2D eigenvalue weighted by molar-refractivity contribution is 0.174. The van der Waals surface area contributed by atoms with Gasteiger partial charge in [0.1, 0.15) is 23.4 Å². The molecular weight excluding hydrogens is 935 g/mol. The van der Waals surface area contributed by atoms with Crippen LogP contribution in [0.15, 0.2) is 91.0 Å². The molecule has 0 fully saturated rings. The summed E-state index contributed by atoms with van der Waals surface area (Å²) >= 11 is 0. The van der Waals surface area contributed by atoms with E-state index in [2.05, 4.69) is 126 Å². The molecule has 6 aromatic rings. The standard InChI is InChI=1S/C62H68O8P2/c1-33(2)41-29-49(35(5)6)55(50(30-41)36(7)8)47-25-17-23-45-53-27-39-19-13-15-21-43(39)57(61(53)69-71(63,64)67-59(45)47)58-44-22-16-14-20-40(44)28-54-46-24-18-26-48(60(46)68-72(65,66)70-62(54)58)56-51(37(9)10)31-42(34(3)4)32-52(56)38(11)12/h13,15,17-38,53,61H,14,16H2,1-12H3,(H,63,64)(H,65,66)/t53?,61-/m1/s1. The molecule has 0 saturated carbocycles. The van der Waals surface area contributed by atoms with Crippen LogP contribution in [0.2, 0.25) is 0 Å². The normalized spacial score (nSPS) is 21.0. The second-order valence-electron chi connectivity index (χ2n) is 22.0. The van der Waals surface area contributed by atoms with E-state index in [1.54, 1.807) is 0 Å². The van der Waals surface area contributed by atoms with Gasteiger partial charge in [-0.25, -0.2) is 9.13 Å². The molecule has 3 unspecified atom stereocenters. The molecule has 2 aliphatic carbocycles. The van der Waals surface area contributed by atoms with Crippen molar-refractivity contribution in [2.45, 2.75) is 143 Å². The molecule has 4 aliphatic rings. The number of phosphoric acid groups is 2. The van der Waals surface area contributed by atoms with Crippen molar-refractivity contribution < 1.29 is 37.0 Å². The number of rotatable bonds is 9. The number of hydrogen-bond acceptors (Lipinski definition) is 6. The van der Waals surface area contributed by atoms with Gasteiger partial charge >= 0.3 is 15.6 Å². The molecule has 4 atom stereocenters. The molecule has 8 nitrogen and oxygen atoms in total. The van der Waals surface area contributed by atoms with Crippen LogP contribution >= 0.6 is 15.6 Å². The van der Waals surface area contributed by atoms with Crippen LogP contribution in [0.3, 0.4) is 0 Å². The van der Waals surface area contributed by atoms with E-state index < -0.39 is 27.7 Å². The van der Waals surface area contributed by atoms with Gasteiger partial charge in [-0.3, -0.25) is 14.3 Å². The van der Waals surface area contributed by atoms with Crippen molar-refractivity contribution in [3.8, 4) is 50.6 Å². The average molecular weight is 1000 g/mol. The highest BCUT2D eigenvalue weighted by atomic mass is 31.2. The number of benzene rings is 6. The maximum Gasteiger partial charge on any atom is 0.584 e. The number of hydrogen-bond donors (Lipinski definition) is 2. The molecule has 2 heterocycles. The van der Waals surface area contributed by atoms with E-state index in [9.17, 15) is 18.9 Å². The maximum absolute atomic E-state index is 14.9. The molecule has 0 spiro atoms. The van der Waals surface area contributed by atoms with E-state index in [1.165, 1.54) is 11.1 Å². The second-order valence-corrected chi connectivity index (χ2v) is 24.7. The fourth-order valence-electron chi connectivity index (χ4n) is 11.5. The van der Waals surface area contributed by atoms with E-state index >= 15 is 0 Å². The maximum atomic E-state index is 14.9. The quantitative estimate of drug-likeness (QED) is 0.138. The van der Waals surface area contributed by atoms with Crippen LogP contribution in [0.1, 0.15) is 182 Å². The highest BCUT2D eigenvalue weighted by Gasteiger charge is 2.46. The molecular formula is C62H68O8P2. The van der Waals surface area contributed by atoms with Crippen molar-refractivity contribution in [2.24, 2.45) is 0 Å². The molecule has 72 heavy (non-hydrogen) atoms. The fourth-order valence-corrected chi connectivity index (χ4v) is 13.4. The Hall–Kier alpha value is -5.46. The van der Waals surface area contributed by atoms with E-state index in [0.29, 0.717) is 57.4 Å². The summed E-state index contributed by atoms with van der Waals surface area (Å²) in [6, 6.07) is 30.9. The Morgan fingerprint density at radius 2 is 0.986 bits per heavy atom. The Labute approximate surface area is 425 Å². The third kappa shape index (κ3) is 8.75. The third-order valence-corrected chi connectivity index (χ3v) is 16.8. The number of phosphoric ester groups is 2. The fraction of sp³-hybridized carbons (Fsp3) is 0.355. The van der Waals surface area contributed by atoms with Crippen LogP contribution in [-0.4, -0.2) is 15.9 Å². The highest BCUT2D eigenvalue weighted by molar-refractivity contribution is 7.48. The van der Waals surface area contributed by atoms with Gasteiger partial charge in [-0.05, 0) is 120 Å². The summed E-state index contributed by atoms with van der Waals surface area (Å²) in [6.45, 7) is 26.3. The molecule has 10 heteroatoms. The van der Waals surface area contributed by atoms with Crippen LogP contribution in [0.5, 0.6) is 17.2 Å². The van der Waals surface area contributed by atoms with Crippen LogP contribution in [0.4, 0.5) is 0 Å². The lowest BCUT2D eigenvalue weighted by atomic mass is 9.77. The van der Waals surface area contributed by atoms with Gasteiger partial charge in [0.15, 0.2) is 0 Å². The number of fused-ring (bicyclic) bond motifs is 8. The van der Waals surface area contributed by atoms with E-state index in [0.717, 1.165) is 66.2 Å². The largest absolute Gasteiger partial charge is 0.584 e. The van der Waals surface area contributed by atoms with Crippen molar-refractivity contribution in [1.82, 2.24) is 0 Å². The average Bonchev–Trinajstić information content (AvgIpc) is 3.52. The zero-order valence-electron chi connectivity index (χ0n) is 43.7. The summed E-state index contributed by atoms with van der Waals surface area (Å²) < 4.78 is 55.8. The van der Waals surface area contributed by atoms with Gasteiger partial charge in [0.05, 0.1) is 0 Å². The summed E-state index contributed by atoms with van der Waals surface area (Å²) in [5.41, 5.74) is 13.3. The third-order valence-electron chi connectivity index (χ3n) is 15.1. The van der Waals surface area contributed by atoms with Crippen LogP contribution in [0, 0.1) is 0 Å². The molecule has 0 saturated heterocycles. The second kappa shape index (κ2) is 18.8. The van der Waals surface area contributed by atoms with Gasteiger partial charge in [0.2, 0.25) is 0 Å². The zero-order valence-corrected chi connectivity index (χ0v) is 45.5. The van der Waals surface area contributed by atoms with Gasteiger partial charge in [-0.15, -0.1) is 0 Å². The Balaban J connectivity index is 1.27. The predicted octanol–water partition coefficient (Wildman–Crippen LogP) is 14.3. The first-order chi connectivity index (χ1) is 34.1. The highest BCUT2D eigenvalue weighted by Crippen LogP contribution is 2.61. The van der Waals surface area contributed by atoms with Gasteiger partial charge in [-0.2, -0.15) is 0 Å². The summed E-state index contributed by atoms with van der Waals surface area (Å²) in [7, 11) is -9.88. The van der Waals surface area contributed by atoms with Gasteiger partial charge in [0, 0.05) is 44.9 Å². The first kappa shape index (κ1) is 50.1. The lowest BCUT2D eigenvalue weighted by Crippen LogP contribution is -2.43. The first-order valence-corrected chi connectivity index (χ1v) is 28.9. The Kier molecular flexibility index (Phi) is 13.1. The minimum absolute atomic E-state index is 0.130. The van der Waals surface area contributed by atoms with Crippen molar-refractivity contribution >= 4 is 39.4 Å². The Morgan fingerprint density at radius 3 is 1.56 bits per heavy atom. The van der Waals surface area contributed by atoms with Crippen molar-refractivity contribution in [2.75, 3.05) is 0 Å². The Bertz CT molecular complexity index is 3510. The summed E-state index contributed by atoms with van der Waals surface area (Å²) in [5.74, 6) is 1.18. The van der Waals surface area contributed by atoms with Crippen molar-refractivity contribution in [3.05, 3.63) is 156 Å². The summed E-state index contributed by atoms with van der Waals surface area (Å²) in [5, 5.41) is 3.29. The minimum Gasteiger partial charge on any atom is -0.403 e. The molecule has 2 aliphatic heterocycles. The van der Waals surface area contributed by atoms with Crippen LogP contribution in [-0.2, 0) is 13.7 Å². The molecule has 2 N–H and O–H groups in total. The monoisotopic (exact) mass is 1000 g/mol. The first-order valence-electron chi connectivity index (χ1n) is 25.9. The lowest BCUT2D eigenvalue weighted by Gasteiger charge is -2.31. The number of para-hydroxylation sites is 2. The Morgan fingerprint density at radius 1 is 0.486 bits per heavy atom. The van der Waals surface area contributed by atoms with E-state index in [1.807, 2.05) is 66.7 Å². The molecule has 0 amide bonds. The van der Waals surface area contributed by atoms with Crippen molar-refractivity contribution in [3.63, 3.8) is 0 Å². The molecule has 10 rings (SSSR count). The molecule has 0 radical (unpaired) electrons. The summed E-state index contributed by atoms with van der Waals surface area (Å²) in [6.07, 6.45) is 6.77. The SMILES string of the molecule is CC(C)c1cc(C(C)C)c(-c2cccc3c2OP(=O)(O)Oc2c-3cc3c(c2C2=c4ccccc4=CC4c5cccc(-c6c(C(C)C)cc(C(C)C)cc6C(C)C)c5OP(=O)(O)O[C@@H]24)=CCCC=3)c(C(C)C)c1.